The van der Waals surface area contributed by atoms with Crippen molar-refractivity contribution in [2.45, 2.75) is 46.6 Å². The molecule has 1 atom stereocenters. The van der Waals surface area contributed by atoms with Crippen molar-refractivity contribution in [2.24, 2.45) is 5.92 Å². The molecule has 19 heavy (non-hydrogen) atoms. The van der Waals surface area contributed by atoms with Gasteiger partial charge < -0.3 is 5.32 Å². The molecule has 0 spiro atoms. The number of benzene rings is 1. The second kappa shape index (κ2) is 7.07. The summed E-state index contributed by atoms with van der Waals surface area (Å²) in [4.78, 5) is 23.7. The fourth-order valence-electron chi connectivity index (χ4n) is 1.78. The third-order valence-corrected chi connectivity index (χ3v) is 3.07. The first-order valence-electron chi connectivity index (χ1n) is 6.82. The molecular weight excluding hydrogens is 238 g/mol. The fourth-order valence-corrected chi connectivity index (χ4v) is 1.78. The van der Waals surface area contributed by atoms with Gasteiger partial charge in [-0.2, -0.15) is 0 Å². The maximum atomic E-state index is 11.9. The third-order valence-electron chi connectivity index (χ3n) is 3.07. The Morgan fingerprint density at radius 1 is 1.05 bits per heavy atom. The molecule has 0 bridgehead atoms. The number of carbonyl (C=O) groups is 2. The minimum absolute atomic E-state index is 0.0318. The van der Waals surface area contributed by atoms with E-state index in [1.54, 1.807) is 12.1 Å². The molecule has 3 heteroatoms. The van der Waals surface area contributed by atoms with E-state index >= 15 is 0 Å². The highest BCUT2D eigenvalue weighted by Crippen LogP contribution is 2.08. The van der Waals surface area contributed by atoms with Crippen LogP contribution in [-0.2, 0) is 4.79 Å². The van der Waals surface area contributed by atoms with Gasteiger partial charge in [0.2, 0.25) is 5.78 Å². The van der Waals surface area contributed by atoms with Gasteiger partial charge in [-0.25, -0.2) is 0 Å². The Labute approximate surface area is 115 Å². The lowest BCUT2D eigenvalue weighted by Gasteiger charge is -2.14. The summed E-state index contributed by atoms with van der Waals surface area (Å²) in [5.74, 6) is -0.372. The van der Waals surface area contributed by atoms with Crippen molar-refractivity contribution in [2.75, 3.05) is 0 Å². The van der Waals surface area contributed by atoms with Crippen LogP contribution in [-0.4, -0.2) is 17.7 Å². The van der Waals surface area contributed by atoms with E-state index in [-0.39, 0.29) is 6.04 Å². The Bertz CT molecular complexity index is 435. The molecular formula is C16H23NO2. The lowest BCUT2D eigenvalue weighted by Crippen LogP contribution is -2.37. The summed E-state index contributed by atoms with van der Waals surface area (Å²) in [6, 6.07) is 7.08. The van der Waals surface area contributed by atoms with Crippen LogP contribution in [0, 0.1) is 12.8 Å². The summed E-state index contributed by atoms with van der Waals surface area (Å²) < 4.78 is 0. The lowest BCUT2D eigenvalue weighted by atomic mass is 10.0. The van der Waals surface area contributed by atoms with Gasteiger partial charge in [-0.3, -0.25) is 9.59 Å². The van der Waals surface area contributed by atoms with Crippen molar-refractivity contribution >= 4 is 11.7 Å². The molecule has 1 rings (SSSR count). The highest BCUT2D eigenvalue weighted by Gasteiger charge is 2.17. The summed E-state index contributed by atoms with van der Waals surface area (Å²) in [6.45, 7) is 8.17. The number of amides is 1. The number of hydrogen-bond acceptors (Lipinski definition) is 2. The molecule has 1 aromatic rings. The van der Waals surface area contributed by atoms with Crippen molar-refractivity contribution in [1.82, 2.24) is 5.32 Å². The van der Waals surface area contributed by atoms with Crippen LogP contribution in [0.25, 0.3) is 0 Å². The molecule has 0 aliphatic carbocycles. The van der Waals surface area contributed by atoms with Crippen LogP contribution in [0.4, 0.5) is 0 Å². The van der Waals surface area contributed by atoms with E-state index < -0.39 is 11.7 Å². The van der Waals surface area contributed by atoms with Gasteiger partial charge in [-0.1, -0.05) is 43.7 Å². The van der Waals surface area contributed by atoms with Crippen molar-refractivity contribution in [3.05, 3.63) is 35.4 Å². The first-order chi connectivity index (χ1) is 8.90. The average Bonchev–Trinajstić information content (AvgIpc) is 2.36. The summed E-state index contributed by atoms with van der Waals surface area (Å²) in [7, 11) is 0. The first-order valence-corrected chi connectivity index (χ1v) is 6.82. The van der Waals surface area contributed by atoms with Gasteiger partial charge in [0.1, 0.15) is 0 Å². The zero-order chi connectivity index (χ0) is 14.4. The molecule has 0 radical (unpaired) electrons. The number of rotatable bonds is 6. The number of ketones is 1. The molecule has 0 aliphatic rings. The van der Waals surface area contributed by atoms with Crippen molar-refractivity contribution in [3.8, 4) is 0 Å². The predicted octanol–water partition coefficient (Wildman–Crippen LogP) is 3.12. The van der Waals surface area contributed by atoms with Crippen LogP contribution < -0.4 is 5.32 Å². The maximum Gasteiger partial charge on any atom is 0.292 e. The number of nitrogens with one attached hydrogen (secondary N) is 1. The van der Waals surface area contributed by atoms with E-state index in [0.29, 0.717) is 11.5 Å². The molecule has 0 saturated carbocycles. The Balaban J connectivity index is 2.53. The van der Waals surface area contributed by atoms with Crippen LogP contribution in [0.3, 0.4) is 0 Å². The summed E-state index contributed by atoms with van der Waals surface area (Å²) >= 11 is 0. The topological polar surface area (TPSA) is 46.2 Å². The molecule has 0 heterocycles. The summed E-state index contributed by atoms with van der Waals surface area (Å²) in [5.41, 5.74) is 1.52. The van der Waals surface area contributed by atoms with E-state index in [9.17, 15) is 9.59 Å². The fraction of sp³-hybridized carbons (Fsp3) is 0.500. The van der Waals surface area contributed by atoms with E-state index in [2.05, 4.69) is 19.2 Å². The quantitative estimate of drug-likeness (QED) is 0.631. The van der Waals surface area contributed by atoms with Gasteiger partial charge >= 0.3 is 0 Å². The SMILES string of the molecule is Cc1ccc(C(=O)C(=O)NC(C)CCC(C)C)cc1. The lowest BCUT2D eigenvalue weighted by molar-refractivity contribution is -0.117. The Morgan fingerprint density at radius 3 is 2.16 bits per heavy atom. The highest BCUT2D eigenvalue weighted by molar-refractivity contribution is 6.42. The predicted molar refractivity (Wildman–Crippen MR) is 77.2 cm³/mol. The van der Waals surface area contributed by atoms with Crippen LogP contribution in [0.2, 0.25) is 0 Å². The standard InChI is InChI=1S/C16H23NO2/c1-11(2)5-8-13(4)17-16(19)15(18)14-9-6-12(3)7-10-14/h6-7,9-11,13H,5,8H2,1-4H3,(H,17,19). The zero-order valence-corrected chi connectivity index (χ0v) is 12.2. The van der Waals surface area contributed by atoms with Crippen molar-refractivity contribution in [1.29, 1.82) is 0 Å². The van der Waals surface area contributed by atoms with Gasteiger partial charge in [-0.15, -0.1) is 0 Å². The van der Waals surface area contributed by atoms with E-state index in [4.69, 9.17) is 0 Å². The average molecular weight is 261 g/mol. The first kappa shape index (κ1) is 15.4. The summed E-state index contributed by atoms with van der Waals surface area (Å²) in [5, 5.41) is 2.76. The number of aryl methyl sites for hydroxylation is 1. The molecule has 0 fully saturated rings. The van der Waals surface area contributed by atoms with Crippen LogP contribution in [0.15, 0.2) is 24.3 Å². The Kier molecular flexibility index (Phi) is 5.74. The van der Waals surface area contributed by atoms with E-state index in [0.717, 1.165) is 18.4 Å². The van der Waals surface area contributed by atoms with Gasteiger partial charge in [0.05, 0.1) is 0 Å². The minimum atomic E-state index is -0.514. The number of carbonyl (C=O) groups excluding carboxylic acids is 2. The van der Waals surface area contributed by atoms with Crippen molar-refractivity contribution < 1.29 is 9.59 Å². The summed E-state index contributed by atoms with van der Waals surface area (Å²) in [6.07, 6.45) is 1.94. The minimum Gasteiger partial charge on any atom is -0.347 e. The monoisotopic (exact) mass is 261 g/mol. The van der Waals surface area contributed by atoms with E-state index in [1.807, 2.05) is 26.0 Å². The normalized spacial score (nSPS) is 12.3. The largest absolute Gasteiger partial charge is 0.347 e. The third kappa shape index (κ3) is 5.25. The number of hydrogen-bond donors (Lipinski definition) is 1. The van der Waals surface area contributed by atoms with Gasteiger partial charge in [0, 0.05) is 11.6 Å². The molecule has 1 N–H and O–H groups in total. The molecule has 0 saturated heterocycles. The van der Waals surface area contributed by atoms with Crippen LogP contribution in [0.5, 0.6) is 0 Å². The van der Waals surface area contributed by atoms with E-state index in [1.165, 1.54) is 0 Å². The molecule has 0 aromatic heterocycles. The Morgan fingerprint density at radius 2 is 1.63 bits per heavy atom. The van der Waals surface area contributed by atoms with Crippen molar-refractivity contribution in [3.63, 3.8) is 0 Å². The molecule has 1 aromatic carbocycles. The molecule has 0 aliphatic heterocycles. The molecule has 1 unspecified atom stereocenters. The zero-order valence-electron chi connectivity index (χ0n) is 12.2. The highest BCUT2D eigenvalue weighted by atomic mass is 16.2. The Hall–Kier alpha value is -1.64. The molecule has 3 nitrogen and oxygen atoms in total. The smallest absolute Gasteiger partial charge is 0.292 e. The van der Waals surface area contributed by atoms with Gasteiger partial charge in [0.25, 0.3) is 5.91 Å². The molecule has 1 amide bonds. The van der Waals surface area contributed by atoms with Crippen LogP contribution >= 0.6 is 0 Å². The second-order valence-electron chi connectivity index (χ2n) is 5.54. The molecule has 104 valence electrons. The van der Waals surface area contributed by atoms with Gasteiger partial charge in [0.15, 0.2) is 0 Å². The maximum absolute atomic E-state index is 11.9. The second-order valence-corrected chi connectivity index (χ2v) is 5.54. The van der Waals surface area contributed by atoms with Crippen LogP contribution in [0.1, 0.15) is 49.5 Å². The number of Topliss-reactive ketones (excluding diaryl/α,β-unsaturated/α-hetero) is 1. The van der Waals surface area contributed by atoms with Gasteiger partial charge in [-0.05, 0) is 32.6 Å².